The Kier molecular flexibility index (Phi) is 11.8. The Hall–Kier alpha value is -1.02. The Morgan fingerprint density at radius 3 is 2.36 bits per heavy atom. The molecule has 1 aromatic carbocycles. The summed E-state index contributed by atoms with van der Waals surface area (Å²) in [7, 11) is 1.79. The molecule has 0 radical (unpaired) electrons. The van der Waals surface area contributed by atoms with Crippen molar-refractivity contribution in [2.45, 2.75) is 46.7 Å². The van der Waals surface area contributed by atoms with Gasteiger partial charge in [-0.05, 0) is 39.9 Å². The van der Waals surface area contributed by atoms with Gasteiger partial charge in [0.2, 0.25) is 0 Å². The fourth-order valence-electron chi connectivity index (χ4n) is 2.33. The quantitative estimate of drug-likeness (QED) is 0.353. The molecule has 2 N–H and O–H groups in total. The molecule has 0 unspecified atom stereocenters. The highest BCUT2D eigenvalue weighted by atomic mass is 127. The third-order valence-corrected chi connectivity index (χ3v) is 3.70. The van der Waals surface area contributed by atoms with Crippen LogP contribution in [0.4, 0.5) is 0 Å². The maximum absolute atomic E-state index is 6.00. The number of ether oxygens (including phenoxy) is 1. The van der Waals surface area contributed by atoms with Gasteiger partial charge in [-0.1, -0.05) is 32.0 Å². The second-order valence-corrected chi connectivity index (χ2v) is 6.78. The molecule has 144 valence electrons. The predicted molar refractivity (Wildman–Crippen MR) is 118 cm³/mol. The Morgan fingerprint density at radius 1 is 1.16 bits per heavy atom. The van der Waals surface area contributed by atoms with Gasteiger partial charge in [-0.25, -0.2) is 0 Å². The van der Waals surface area contributed by atoms with E-state index in [1.807, 2.05) is 18.2 Å². The Bertz CT molecular complexity index is 510. The number of likely N-dealkylation sites (N-methyl/N-ethyl adjacent to an activating group) is 1. The van der Waals surface area contributed by atoms with Crippen molar-refractivity contribution in [1.82, 2.24) is 15.5 Å². The SMILES string of the molecule is CCN(CC)CCOc1ccccc1CNC(=NC)NC(C)(C)C.I. The van der Waals surface area contributed by atoms with Gasteiger partial charge in [-0.15, -0.1) is 24.0 Å². The maximum atomic E-state index is 6.00. The summed E-state index contributed by atoms with van der Waals surface area (Å²) in [6.07, 6.45) is 0. The van der Waals surface area contributed by atoms with Gasteiger partial charge < -0.3 is 20.3 Å². The zero-order valence-electron chi connectivity index (χ0n) is 16.6. The van der Waals surface area contributed by atoms with Crippen LogP contribution in [0, 0.1) is 0 Å². The molecule has 6 heteroatoms. The molecule has 0 aliphatic rings. The Labute approximate surface area is 170 Å². The lowest BCUT2D eigenvalue weighted by Crippen LogP contribution is -2.47. The van der Waals surface area contributed by atoms with Crippen molar-refractivity contribution in [3.05, 3.63) is 29.8 Å². The number of para-hydroxylation sites is 1. The van der Waals surface area contributed by atoms with Crippen LogP contribution >= 0.6 is 24.0 Å². The summed E-state index contributed by atoms with van der Waals surface area (Å²) in [5, 5.41) is 6.71. The molecule has 1 aromatic rings. The first kappa shape index (κ1) is 24.0. The number of aliphatic imine (C=N–C) groups is 1. The van der Waals surface area contributed by atoms with Gasteiger partial charge >= 0.3 is 0 Å². The molecule has 0 saturated carbocycles. The van der Waals surface area contributed by atoms with Crippen LogP contribution in [0.15, 0.2) is 29.3 Å². The summed E-state index contributed by atoms with van der Waals surface area (Å²) >= 11 is 0. The summed E-state index contributed by atoms with van der Waals surface area (Å²) < 4.78 is 6.00. The van der Waals surface area contributed by atoms with E-state index in [2.05, 4.69) is 61.2 Å². The highest BCUT2D eigenvalue weighted by Crippen LogP contribution is 2.17. The lowest BCUT2D eigenvalue weighted by atomic mass is 10.1. The fraction of sp³-hybridized carbons (Fsp3) is 0.632. The van der Waals surface area contributed by atoms with E-state index in [0.29, 0.717) is 13.2 Å². The smallest absolute Gasteiger partial charge is 0.191 e. The first-order chi connectivity index (χ1) is 11.4. The van der Waals surface area contributed by atoms with Crippen molar-refractivity contribution in [2.75, 3.05) is 33.3 Å². The molecule has 0 aliphatic carbocycles. The van der Waals surface area contributed by atoms with Crippen molar-refractivity contribution in [3.8, 4) is 5.75 Å². The third-order valence-electron chi connectivity index (χ3n) is 3.70. The lowest BCUT2D eigenvalue weighted by Gasteiger charge is -2.24. The van der Waals surface area contributed by atoms with Crippen LogP contribution in [-0.2, 0) is 6.54 Å². The van der Waals surface area contributed by atoms with Gasteiger partial charge in [0.05, 0.1) is 0 Å². The molecule has 0 bridgehead atoms. The van der Waals surface area contributed by atoms with E-state index >= 15 is 0 Å². The molecule has 5 nitrogen and oxygen atoms in total. The van der Waals surface area contributed by atoms with Gasteiger partial charge in [-0.3, -0.25) is 4.99 Å². The molecule has 0 spiro atoms. The fourth-order valence-corrected chi connectivity index (χ4v) is 2.33. The monoisotopic (exact) mass is 462 g/mol. The number of benzene rings is 1. The van der Waals surface area contributed by atoms with Crippen molar-refractivity contribution in [3.63, 3.8) is 0 Å². The molecule has 0 heterocycles. The number of rotatable bonds is 8. The van der Waals surface area contributed by atoms with Crippen molar-refractivity contribution < 1.29 is 4.74 Å². The van der Waals surface area contributed by atoms with Crippen LogP contribution in [0.2, 0.25) is 0 Å². The molecule has 0 aromatic heterocycles. The zero-order chi connectivity index (χ0) is 18.0. The second-order valence-electron chi connectivity index (χ2n) is 6.78. The minimum absolute atomic E-state index is 0. The summed E-state index contributed by atoms with van der Waals surface area (Å²) in [6, 6.07) is 8.16. The molecule has 0 fully saturated rings. The van der Waals surface area contributed by atoms with Crippen molar-refractivity contribution in [2.24, 2.45) is 4.99 Å². The number of nitrogens with zero attached hydrogens (tertiary/aromatic N) is 2. The minimum atomic E-state index is -0.0262. The summed E-state index contributed by atoms with van der Waals surface area (Å²) in [6.45, 7) is 15.1. The third kappa shape index (κ3) is 9.89. The van der Waals surface area contributed by atoms with Gasteiger partial charge in [0.15, 0.2) is 5.96 Å². The highest BCUT2D eigenvalue weighted by Gasteiger charge is 2.12. The number of nitrogens with one attached hydrogen (secondary N) is 2. The average molecular weight is 462 g/mol. The van der Waals surface area contributed by atoms with E-state index in [4.69, 9.17) is 4.74 Å². The van der Waals surface area contributed by atoms with Crippen LogP contribution < -0.4 is 15.4 Å². The molecule has 0 amide bonds. The number of halogens is 1. The van der Waals surface area contributed by atoms with E-state index in [1.54, 1.807) is 7.05 Å². The summed E-state index contributed by atoms with van der Waals surface area (Å²) in [4.78, 5) is 6.63. The first-order valence-electron chi connectivity index (χ1n) is 8.81. The average Bonchev–Trinajstić information content (AvgIpc) is 2.55. The van der Waals surface area contributed by atoms with E-state index in [-0.39, 0.29) is 29.5 Å². The molecule has 0 saturated heterocycles. The molecular weight excluding hydrogens is 427 g/mol. The van der Waals surface area contributed by atoms with E-state index in [1.165, 1.54) is 0 Å². The summed E-state index contributed by atoms with van der Waals surface area (Å²) in [5.41, 5.74) is 1.11. The standard InChI is InChI=1S/C19H34N4O.HI/c1-7-23(8-2)13-14-24-17-12-10-9-11-16(17)15-21-18(20-6)22-19(3,4)5;/h9-12H,7-8,13-15H2,1-6H3,(H2,20,21,22);1H. The zero-order valence-corrected chi connectivity index (χ0v) is 18.9. The number of hydrogen-bond acceptors (Lipinski definition) is 3. The normalized spacial score (nSPS) is 11.9. The number of hydrogen-bond donors (Lipinski definition) is 2. The van der Waals surface area contributed by atoms with E-state index < -0.39 is 0 Å². The topological polar surface area (TPSA) is 48.9 Å². The van der Waals surface area contributed by atoms with Crippen molar-refractivity contribution in [1.29, 1.82) is 0 Å². The van der Waals surface area contributed by atoms with Crippen LogP contribution in [0.25, 0.3) is 0 Å². The Morgan fingerprint density at radius 2 is 1.80 bits per heavy atom. The van der Waals surface area contributed by atoms with Crippen LogP contribution in [0.1, 0.15) is 40.2 Å². The van der Waals surface area contributed by atoms with Crippen molar-refractivity contribution >= 4 is 29.9 Å². The predicted octanol–water partition coefficient (Wildman–Crippen LogP) is 3.49. The van der Waals surface area contributed by atoms with Crippen LogP contribution in [0.3, 0.4) is 0 Å². The number of guanidine groups is 1. The maximum Gasteiger partial charge on any atom is 0.191 e. The molecule has 1 rings (SSSR count). The Balaban J connectivity index is 0.00000576. The van der Waals surface area contributed by atoms with E-state index in [0.717, 1.165) is 36.9 Å². The van der Waals surface area contributed by atoms with Crippen LogP contribution in [-0.4, -0.2) is 49.7 Å². The minimum Gasteiger partial charge on any atom is -0.492 e. The highest BCUT2D eigenvalue weighted by molar-refractivity contribution is 14.0. The largest absolute Gasteiger partial charge is 0.492 e. The molecule has 0 aliphatic heterocycles. The summed E-state index contributed by atoms with van der Waals surface area (Å²) in [5.74, 6) is 1.73. The lowest BCUT2D eigenvalue weighted by molar-refractivity contribution is 0.221. The molecular formula is C19H35IN4O. The van der Waals surface area contributed by atoms with Gasteiger partial charge in [0, 0.05) is 31.2 Å². The molecule has 25 heavy (non-hydrogen) atoms. The first-order valence-corrected chi connectivity index (χ1v) is 8.81. The second kappa shape index (κ2) is 12.4. The van der Waals surface area contributed by atoms with E-state index in [9.17, 15) is 0 Å². The van der Waals surface area contributed by atoms with Gasteiger partial charge in [0.25, 0.3) is 0 Å². The molecule has 0 atom stereocenters. The van der Waals surface area contributed by atoms with Gasteiger partial charge in [-0.2, -0.15) is 0 Å². The van der Waals surface area contributed by atoms with Crippen LogP contribution in [0.5, 0.6) is 5.75 Å². The van der Waals surface area contributed by atoms with Gasteiger partial charge in [0.1, 0.15) is 12.4 Å².